The van der Waals surface area contributed by atoms with Crippen LogP contribution >= 0.6 is 0 Å². The van der Waals surface area contributed by atoms with Crippen molar-refractivity contribution in [2.24, 2.45) is 0 Å². The van der Waals surface area contributed by atoms with Crippen molar-refractivity contribution in [1.82, 2.24) is 0 Å². The molecule has 1 unspecified atom stereocenters. The van der Waals surface area contributed by atoms with E-state index in [-0.39, 0.29) is 11.4 Å². The topological polar surface area (TPSA) is 41.1 Å². The standard InChI is InChI=1S/C11H8F6N2O/c1-9(11(15,16)17)8(20)18-7-4-5(10(12,13)14)2-3-6(7)19-9/h2-4,19H,1H3,(H,18,20). The van der Waals surface area contributed by atoms with E-state index in [1.807, 2.05) is 10.6 Å². The summed E-state index contributed by atoms with van der Waals surface area (Å²) in [5.74, 6) is -1.46. The number of amides is 1. The summed E-state index contributed by atoms with van der Waals surface area (Å²) in [4.78, 5) is 11.5. The van der Waals surface area contributed by atoms with Crippen LogP contribution in [0.4, 0.5) is 37.7 Å². The van der Waals surface area contributed by atoms with Crippen LogP contribution in [0.15, 0.2) is 18.2 Å². The summed E-state index contributed by atoms with van der Waals surface area (Å²) >= 11 is 0. The van der Waals surface area contributed by atoms with Crippen LogP contribution in [0, 0.1) is 0 Å². The molecule has 1 amide bonds. The van der Waals surface area contributed by atoms with Gasteiger partial charge < -0.3 is 10.6 Å². The molecule has 0 spiro atoms. The fourth-order valence-corrected chi connectivity index (χ4v) is 1.71. The van der Waals surface area contributed by atoms with Crippen molar-refractivity contribution < 1.29 is 31.1 Å². The summed E-state index contributed by atoms with van der Waals surface area (Å²) in [6.07, 6.45) is -9.54. The molecule has 1 aromatic rings. The molecule has 1 aromatic carbocycles. The SMILES string of the molecule is CC1(C(F)(F)F)Nc2ccc(C(F)(F)F)cc2NC1=O. The number of hydrogen-bond acceptors (Lipinski definition) is 2. The van der Waals surface area contributed by atoms with Crippen LogP contribution in [0.5, 0.6) is 0 Å². The molecule has 0 aliphatic carbocycles. The van der Waals surface area contributed by atoms with Gasteiger partial charge in [-0.15, -0.1) is 0 Å². The summed E-state index contributed by atoms with van der Waals surface area (Å²) in [6, 6.07) is 2.07. The molecule has 1 atom stereocenters. The lowest BCUT2D eigenvalue weighted by Crippen LogP contribution is -2.60. The number of carbonyl (C=O) groups is 1. The largest absolute Gasteiger partial charge is 0.420 e. The minimum Gasteiger partial charge on any atom is -0.362 e. The zero-order valence-electron chi connectivity index (χ0n) is 9.91. The lowest BCUT2D eigenvalue weighted by Gasteiger charge is -2.37. The zero-order chi connectivity index (χ0) is 15.3. The van der Waals surface area contributed by atoms with Crippen LogP contribution in [0.2, 0.25) is 0 Å². The van der Waals surface area contributed by atoms with E-state index in [4.69, 9.17) is 0 Å². The highest BCUT2D eigenvalue weighted by molar-refractivity contribution is 6.06. The van der Waals surface area contributed by atoms with Crippen molar-refractivity contribution in [3.63, 3.8) is 0 Å². The number of hydrogen-bond donors (Lipinski definition) is 2. The molecule has 0 radical (unpaired) electrons. The maximum absolute atomic E-state index is 12.8. The average molecular weight is 298 g/mol. The number of benzene rings is 1. The van der Waals surface area contributed by atoms with E-state index in [9.17, 15) is 31.1 Å². The summed E-state index contributed by atoms with van der Waals surface area (Å²) < 4.78 is 76.0. The van der Waals surface area contributed by atoms with Crippen molar-refractivity contribution in [3.05, 3.63) is 23.8 Å². The molecule has 0 aromatic heterocycles. The van der Waals surface area contributed by atoms with Gasteiger partial charge in [-0.2, -0.15) is 26.3 Å². The van der Waals surface area contributed by atoms with E-state index in [1.54, 1.807) is 0 Å². The number of nitrogens with one attached hydrogen (secondary N) is 2. The second-order valence-electron chi connectivity index (χ2n) is 4.46. The van der Waals surface area contributed by atoms with E-state index in [1.165, 1.54) is 0 Å². The first-order chi connectivity index (χ1) is 8.95. The third-order valence-electron chi connectivity index (χ3n) is 3.00. The van der Waals surface area contributed by atoms with Crippen molar-refractivity contribution in [1.29, 1.82) is 0 Å². The van der Waals surface area contributed by atoms with Crippen LogP contribution < -0.4 is 10.6 Å². The summed E-state index contributed by atoms with van der Waals surface area (Å²) in [6.45, 7) is 0.614. The Morgan fingerprint density at radius 2 is 1.65 bits per heavy atom. The third-order valence-corrected chi connectivity index (χ3v) is 3.00. The van der Waals surface area contributed by atoms with Gasteiger partial charge in [0.2, 0.25) is 5.54 Å². The molecule has 2 rings (SSSR count). The fraction of sp³-hybridized carbons (Fsp3) is 0.364. The second kappa shape index (κ2) is 4.03. The van der Waals surface area contributed by atoms with E-state index in [0.717, 1.165) is 6.07 Å². The lowest BCUT2D eigenvalue weighted by atomic mass is 9.96. The van der Waals surface area contributed by atoms with Crippen LogP contribution in [0.1, 0.15) is 12.5 Å². The molecule has 110 valence electrons. The van der Waals surface area contributed by atoms with Crippen LogP contribution in [-0.2, 0) is 11.0 Å². The molecule has 1 heterocycles. The molecule has 0 bridgehead atoms. The van der Waals surface area contributed by atoms with Gasteiger partial charge in [0.05, 0.1) is 16.9 Å². The minimum absolute atomic E-state index is 0.225. The molecule has 0 fully saturated rings. The Bertz CT molecular complexity index is 565. The van der Waals surface area contributed by atoms with Gasteiger partial charge in [-0.3, -0.25) is 4.79 Å². The average Bonchev–Trinajstić information content (AvgIpc) is 2.27. The van der Waals surface area contributed by atoms with Gasteiger partial charge in [-0.05, 0) is 25.1 Å². The minimum atomic E-state index is -4.89. The van der Waals surface area contributed by atoms with E-state index in [0.29, 0.717) is 19.1 Å². The molecule has 0 saturated carbocycles. The predicted octanol–water partition coefficient (Wildman–Crippen LogP) is 3.39. The highest BCUT2D eigenvalue weighted by Crippen LogP contribution is 2.42. The van der Waals surface area contributed by atoms with Gasteiger partial charge in [0.15, 0.2) is 0 Å². The summed E-state index contributed by atoms with van der Waals surface area (Å²) in [7, 11) is 0. The predicted molar refractivity (Wildman–Crippen MR) is 58.2 cm³/mol. The lowest BCUT2D eigenvalue weighted by molar-refractivity contribution is -0.179. The quantitative estimate of drug-likeness (QED) is 0.721. The third kappa shape index (κ3) is 2.16. The van der Waals surface area contributed by atoms with E-state index in [2.05, 4.69) is 0 Å². The maximum Gasteiger partial charge on any atom is 0.420 e. The number of rotatable bonds is 0. The van der Waals surface area contributed by atoms with E-state index >= 15 is 0 Å². The normalized spacial score (nSPS) is 22.9. The Kier molecular flexibility index (Phi) is 2.92. The highest BCUT2D eigenvalue weighted by Gasteiger charge is 2.58. The second-order valence-corrected chi connectivity index (χ2v) is 4.46. The molecule has 0 saturated heterocycles. The van der Waals surface area contributed by atoms with Crippen LogP contribution in [0.25, 0.3) is 0 Å². The van der Waals surface area contributed by atoms with Gasteiger partial charge in [0.1, 0.15) is 0 Å². The summed E-state index contributed by atoms with van der Waals surface area (Å²) in [5.41, 5.74) is -4.52. The smallest absolute Gasteiger partial charge is 0.362 e. The van der Waals surface area contributed by atoms with Crippen molar-refractivity contribution in [2.45, 2.75) is 24.8 Å². The van der Waals surface area contributed by atoms with Crippen molar-refractivity contribution in [2.75, 3.05) is 10.6 Å². The van der Waals surface area contributed by atoms with Gasteiger partial charge in [-0.25, -0.2) is 0 Å². The van der Waals surface area contributed by atoms with Gasteiger partial charge >= 0.3 is 12.4 Å². The first kappa shape index (κ1) is 14.5. The van der Waals surface area contributed by atoms with E-state index < -0.39 is 29.4 Å². The number of anilines is 2. The Hall–Kier alpha value is -1.93. The Labute approximate surface area is 109 Å². The van der Waals surface area contributed by atoms with Crippen molar-refractivity contribution in [3.8, 4) is 0 Å². The number of alkyl halides is 6. The molecule has 9 heteroatoms. The molecule has 20 heavy (non-hydrogen) atoms. The molecular weight excluding hydrogens is 290 g/mol. The maximum atomic E-state index is 12.8. The van der Waals surface area contributed by atoms with Gasteiger partial charge in [0, 0.05) is 0 Å². The van der Waals surface area contributed by atoms with Crippen molar-refractivity contribution >= 4 is 17.3 Å². The number of carbonyl (C=O) groups excluding carboxylic acids is 1. The first-order valence-corrected chi connectivity index (χ1v) is 5.33. The van der Waals surface area contributed by atoms with Gasteiger partial charge in [0.25, 0.3) is 5.91 Å². The number of halogens is 6. The fourth-order valence-electron chi connectivity index (χ4n) is 1.71. The Morgan fingerprint density at radius 1 is 1.05 bits per heavy atom. The Balaban J connectivity index is 2.45. The Morgan fingerprint density at radius 3 is 2.15 bits per heavy atom. The van der Waals surface area contributed by atoms with Crippen LogP contribution in [-0.4, -0.2) is 17.6 Å². The molecular formula is C11H8F6N2O. The first-order valence-electron chi connectivity index (χ1n) is 5.33. The highest BCUT2D eigenvalue weighted by atomic mass is 19.4. The molecule has 1 aliphatic rings. The molecule has 2 N–H and O–H groups in total. The number of fused-ring (bicyclic) bond motifs is 1. The zero-order valence-corrected chi connectivity index (χ0v) is 9.91. The van der Waals surface area contributed by atoms with Crippen LogP contribution in [0.3, 0.4) is 0 Å². The molecule has 3 nitrogen and oxygen atoms in total. The summed E-state index contributed by atoms with van der Waals surface area (Å²) in [5, 5.41) is 3.79. The van der Waals surface area contributed by atoms with Gasteiger partial charge in [-0.1, -0.05) is 0 Å². The monoisotopic (exact) mass is 298 g/mol. The molecule has 1 aliphatic heterocycles.